The van der Waals surface area contributed by atoms with Gasteiger partial charge in [-0.3, -0.25) is 4.79 Å². The van der Waals surface area contributed by atoms with Gasteiger partial charge < -0.3 is 24.7 Å². The van der Waals surface area contributed by atoms with Crippen LogP contribution in [0.4, 0.5) is 11.4 Å². The number of hydrogen-bond donors (Lipinski definition) is 2. The molecule has 1 fully saturated rings. The van der Waals surface area contributed by atoms with E-state index >= 15 is 0 Å². The number of ether oxygens (including phenoxy) is 2. The van der Waals surface area contributed by atoms with Crippen LogP contribution in [-0.4, -0.2) is 41.8 Å². The molecule has 1 aliphatic rings. The second-order valence-electron chi connectivity index (χ2n) is 7.94. The predicted octanol–water partition coefficient (Wildman–Crippen LogP) is 3.74. The number of nitrogens with zero attached hydrogens (tertiary/aromatic N) is 2. The van der Waals surface area contributed by atoms with Crippen LogP contribution in [-0.2, 0) is 27.4 Å². The Morgan fingerprint density at radius 2 is 2.06 bits per heavy atom. The molecule has 3 heterocycles. The average Bonchev–Trinajstić information content (AvgIpc) is 3.45. The third kappa shape index (κ3) is 4.31. The number of nitrogens with one attached hydrogen (secondary N) is 2. The lowest BCUT2D eigenvalue weighted by Gasteiger charge is -2.11. The maximum Gasteiger partial charge on any atom is 0.356 e. The summed E-state index contributed by atoms with van der Waals surface area (Å²) in [6, 6.07) is 10.2. The smallest absolute Gasteiger partial charge is 0.356 e. The van der Waals surface area contributed by atoms with Crippen molar-refractivity contribution in [3.05, 3.63) is 53.3 Å². The van der Waals surface area contributed by atoms with Crippen molar-refractivity contribution < 1.29 is 19.1 Å². The Bertz CT molecular complexity index is 1130. The van der Waals surface area contributed by atoms with Crippen LogP contribution in [0, 0.1) is 12.8 Å². The summed E-state index contributed by atoms with van der Waals surface area (Å²) < 4.78 is 12.1. The highest BCUT2D eigenvalue weighted by molar-refractivity contribution is 6.11. The highest BCUT2D eigenvalue weighted by Crippen LogP contribution is 2.33. The van der Waals surface area contributed by atoms with Gasteiger partial charge in [0.05, 0.1) is 37.2 Å². The van der Waals surface area contributed by atoms with E-state index in [2.05, 4.69) is 46.8 Å². The molecule has 8 nitrogen and oxygen atoms in total. The Balaban J connectivity index is 1.70. The normalized spacial score (nSPS) is 15.7. The maximum absolute atomic E-state index is 12.9. The van der Waals surface area contributed by atoms with Crippen LogP contribution in [0.25, 0.3) is 11.0 Å². The molecular formula is C24H28N4O4. The number of aromatic nitrogens is 2. The lowest BCUT2D eigenvalue weighted by molar-refractivity contribution is -0.119. The standard InChI is InChI=1S/C24H28N4O4/c1-4-28-21(24(30)31-3)20(27-23(29)17-9-10-32-14-17)19-11-18(13-26-22(19)28)25-12-16-7-5-15(2)6-8-16/h5-8,11,13,17,25H,4,9-10,12,14H2,1-3H3,(H,27,29). The minimum Gasteiger partial charge on any atom is -0.464 e. The fourth-order valence-electron chi connectivity index (χ4n) is 3.94. The highest BCUT2D eigenvalue weighted by atomic mass is 16.5. The number of carbonyl (C=O) groups is 2. The monoisotopic (exact) mass is 436 g/mol. The van der Waals surface area contributed by atoms with Crippen molar-refractivity contribution in [2.75, 3.05) is 31.0 Å². The molecule has 1 saturated heterocycles. The number of fused-ring (bicyclic) bond motifs is 1. The van der Waals surface area contributed by atoms with Crippen LogP contribution in [0.1, 0.15) is 35.0 Å². The number of anilines is 2. The van der Waals surface area contributed by atoms with Crippen molar-refractivity contribution in [1.29, 1.82) is 0 Å². The number of benzene rings is 1. The minimum atomic E-state index is -0.517. The van der Waals surface area contributed by atoms with Gasteiger partial charge in [0.2, 0.25) is 5.91 Å². The first kappa shape index (κ1) is 21.8. The summed E-state index contributed by atoms with van der Waals surface area (Å²) in [6.45, 7) is 6.06. The second-order valence-corrected chi connectivity index (χ2v) is 7.94. The molecule has 0 bridgehead atoms. The molecule has 32 heavy (non-hydrogen) atoms. The molecule has 2 N–H and O–H groups in total. The number of amides is 1. The molecule has 0 radical (unpaired) electrons. The molecule has 1 unspecified atom stereocenters. The van der Waals surface area contributed by atoms with Crippen molar-refractivity contribution in [3.63, 3.8) is 0 Å². The van der Waals surface area contributed by atoms with Crippen molar-refractivity contribution in [2.24, 2.45) is 5.92 Å². The van der Waals surface area contributed by atoms with E-state index in [0.717, 1.165) is 11.3 Å². The summed E-state index contributed by atoms with van der Waals surface area (Å²) >= 11 is 0. The van der Waals surface area contributed by atoms with Crippen LogP contribution in [0.2, 0.25) is 0 Å². The number of esters is 1. The third-order valence-electron chi connectivity index (χ3n) is 5.76. The van der Waals surface area contributed by atoms with Gasteiger partial charge in [0.15, 0.2) is 5.69 Å². The van der Waals surface area contributed by atoms with Gasteiger partial charge in [-0.15, -0.1) is 0 Å². The fraction of sp³-hybridized carbons (Fsp3) is 0.375. The number of pyridine rings is 1. The molecule has 0 saturated carbocycles. The van der Waals surface area contributed by atoms with Crippen LogP contribution in [0.5, 0.6) is 0 Å². The summed E-state index contributed by atoms with van der Waals surface area (Å²) in [7, 11) is 1.33. The van der Waals surface area contributed by atoms with Gasteiger partial charge in [-0.25, -0.2) is 9.78 Å². The molecule has 2 aromatic heterocycles. The molecule has 0 aliphatic carbocycles. The predicted molar refractivity (Wildman–Crippen MR) is 123 cm³/mol. The molecule has 0 spiro atoms. The molecule has 1 aliphatic heterocycles. The van der Waals surface area contributed by atoms with Crippen LogP contribution in [0.15, 0.2) is 36.5 Å². The van der Waals surface area contributed by atoms with Crippen molar-refractivity contribution in [2.45, 2.75) is 33.4 Å². The molecule has 1 amide bonds. The first-order chi connectivity index (χ1) is 15.5. The third-order valence-corrected chi connectivity index (χ3v) is 5.76. The quantitative estimate of drug-likeness (QED) is 0.548. The lowest BCUT2D eigenvalue weighted by Crippen LogP contribution is -2.24. The Morgan fingerprint density at radius 1 is 1.28 bits per heavy atom. The van der Waals surface area contributed by atoms with Gasteiger partial charge in [-0.2, -0.15) is 0 Å². The largest absolute Gasteiger partial charge is 0.464 e. The van der Waals surface area contributed by atoms with E-state index < -0.39 is 5.97 Å². The van der Waals surface area contributed by atoms with Crippen molar-refractivity contribution in [1.82, 2.24) is 9.55 Å². The first-order valence-electron chi connectivity index (χ1n) is 10.8. The van der Waals surface area contributed by atoms with Gasteiger partial charge >= 0.3 is 5.97 Å². The van der Waals surface area contributed by atoms with Gasteiger partial charge in [0, 0.05) is 25.1 Å². The van der Waals surface area contributed by atoms with Crippen molar-refractivity contribution in [3.8, 4) is 0 Å². The second kappa shape index (κ2) is 9.40. The van der Waals surface area contributed by atoms with E-state index in [9.17, 15) is 9.59 Å². The zero-order valence-corrected chi connectivity index (χ0v) is 18.6. The molecule has 8 heteroatoms. The van der Waals surface area contributed by atoms with E-state index in [1.807, 2.05) is 13.0 Å². The molecular weight excluding hydrogens is 408 g/mol. The Labute approximate surface area is 186 Å². The van der Waals surface area contributed by atoms with E-state index in [1.54, 1.807) is 10.8 Å². The molecule has 4 rings (SSSR count). The highest BCUT2D eigenvalue weighted by Gasteiger charge is 2.29. The molecule has 3 aromatic rings. The summed E-state index contributed by atoms with van der Waals surface area (Å²) in [4.78, 5) is 30.1. The van der Waals surface area contributed by atoms with Crippen LogP contribution in [0.3, 0.4) is 0 Å². The average molecular weight is 437 g/mol. The van der Waals surface area contributed by atoms with E-state index in [-0.39, 0.29) is 11.8 Å². The zero-order chi connectivity index (χ0) is 22.7. The van der Waals surface area contributed by atoms with Gasteiger partial charge in [0.25, 0.3) is 0 Å². The molecule has 1 atom stereocenters. The molecule has 168 valence electrons. The zero-order valence-electron chi connectivity index (χ0n) is 18.6. The number of aryl methyl sites for hydroxylation is 2. The Morgan fingerprint density at radius 3 is 2.72 bits per heavy atom. The van der Waals surface area contributed by atoms with E-state index in [1.165, 1.54) is 12.7 Å². The maximum atomic E-state index is 12.9. The van der Waals surface area contributed by atoms with Gasteiger partial charge in [0.1, 0.15) is 5.65 Å². The van der Waals surface area contributed by atoms with Crippen molar-refractivity contribution >= 4 is 34.3 Å². The molecule has 1 aromatic carbocycles. The SMILES string of the molecule is CCn1c(C(=O)OC)c(NC(=O)C2CCOC2)c2cc(NCc3ccc(C)cc3)cnc21. The van der Waals surface area contributed by atoms with E-state index in [4.69, 9.17) is 9.47 Å². The fourth-order valence-corrected chi connectivity index (χ4v) is 3.94. The number of rotatable bonds is 7. The number of hydrogen-bond acceptors (Lipinski definition) is 6. The first-order valence-corrected chi connectivity index (χ1v) is 10.8. The topological polar surface area (TPSA) is 94.5 Å². The number of methoxy groups -OCH3 is 1. The summed E-state index contributed by atoms with van der Waals surface area (Å²) in [6.07, 6.45) is 2.40. The Hall–Kier alpha value is -3.39. The lowest BCUT2D eigenvalue weighted by atomic mass is 10.1. The minimum absolute atomic E-state index is 0.166. The van der Waals surface area contributed by atoms with Gasteiger partial charge in [-0.1, -0.05) is 29.8 Å². The van der Waals surface area contributed by atoms with Crippen LogP contribution < -0.4 is 10.6 Å². The Kier molecular flexibility index (Phi) is 6.41. The van der Waals surface area contributed by atoms with Crippen LogP contribution >= 0.6 is 0 Å². The summed E-state index contributed by atoms with van der Waals surface area (Å²) in [5.41, 5.74) is 4.49. The van der Waals surface area contributed by atoms with E-state index in [0.29, 0.717) is 55.1 Å². The van der Waals surface area contributed by atoms with Gasteiger partial charge in [-0.05, 0) is 31.9 Å². The summed E-state index contributed by atoms with van der Waals surface area (Å²) in [5.74, 6) is -0.922. The number of carbonyl (C=O) groups excluding carboxylic acids is 2. The summed E-state index contributed by atoms with van der Waals surface area (Å²) in [5, 5.41) is 7.03.